The van der Waals surface area contributed by atoms with E-state index < -0.39 is 26.6 Å². The van der Waals surface area contributed by atoms with Gasteiger partial charge in [-0.3, -0.25) is 4.79 Å². The molecule has 0 aliphatic heterocycles. The third kappa shape index (κ3) is 3.56. The number of alkyl halides is 1. The number of hydrogen-bond acceptors (Lipinski definition) is 2. The first-order chi connectivity index (χ1) is 10.2. The third-order valence-corrected chi connectivity index (χ3v) is 10.4. The molecule has 2 nitrogen and oxygen atoms in total. The number of Topliss-reactive ketones (excluding diaryl/α,β-unsaturated/α-hetero) is 1. The molecule has 0 atom stereocenters. The zero-order valence-electron chi connectivity index (χ0n) is 14.2. The summed E-state index contributed by atoms with van der Waals surface area (Å²) in [5.74, 6) is -1.15. The minimum absolute atomic E-state index is 0.0401. The second-order valence-corrected chi connectivity index (χ2v) is 12.0. The Morgan fingerprint density at radius 2 is 1.59 bits per heavy atom. The highest BCUT2D eigenvalue weighted by molar-refractivity contribution is 6.78. The van der Waals surface area contributed by atoms with Crippen LogP contribution in [-0.2, 0) is 0 Å². The molecule has 1 rings (SSSR count). The third-order valence-electron chi connectivity index (χ3n) is 4.37. The van der Waals surface area contributed by atoms with E-state index in [0.29, 0.717) is 16.6 Å². The molecule has 0 fully saturated rings. The molecule has 0 unspecified atom stereocenters. The second-order valence-electron chi connectivity index (χ2n) is 6.62. The van der Waals surface area contributed by atoms with Gasteiger partial charge >= 0.3 is 0 Å². The molecule has 0 saturated carbocycles. The van der Waals surface area contributed by atoms with Gasteiger partial charge in [-0.25, -0.2) is 8.78 Å². The summed E-state index contributed by atoms with van der Waals surface area (Å²) in [6.07, 6.45) is 0. The maximum atomic E-state index is 14.3. The van der Waals surface area contributed by atoms with Crippen LogP contribution >= 0.6 is 0 Å². The number of rotatable bonds is 7. The number of ketones is 1. The highest BCUT2D eigenvalue weighted by Crippen LogP contribution is 2.43. The molecule has 0 spiro atoms. The van der Waals surface area contributed by atoms with Crippen molar-refractivity contribution in [2.24, 2.45) is 0 Å². The Balaban J connectivity index is 3.22. The number of halogens is 2. The molecule has 0 heterocycles. The van der Waals surface area contributed by atoms with Crippen molar-refractivity contribution in [2.75, 3.05) is 6.67 Å². The summed E-state index contributed by atoms with van der Waals surface area (Å²) in [5.41, 5.74) is 0.996. The molecule has 22 heavy (non-hydrogen) atoms. The van der Waals surface area contributed by atoms with E-state index in [1.165, 1.54) is 12.1 Å². The average Bonchev–Trinajstić information content (AvgIpc) is 2.43. The highest BCUT2D eigenvalue weighted by atomic mass is 28.4. The Morgan fingerprint density at radius 1 is 1.09 bits per heavy atom. The summed E-state index contributed by atoms with van der Waals surface area (Å²) in [7, 11) is -2.25. The minimum atomic E-state index is -2.25. The molecule has 0 bridgehead atoms. The molecular formula is C17H26F2O2Si. The van der Waals surface area contributed by atoms with Crippen LogP contribution in [-0.4, -0.2) is 20.8 Å². The second kappa shape index (κ2) is 7.35. The largest absolute Gasteiger partial charge is 0.541 e. The summed E-state index contributed by atoms with van der Waals surface area (Å²) >= 11 is 0. The molecule has 1 aromatic rings. The fourth-order valence-corrected chi connectivity index (χ4v) is 8.63. The van der Waals surface area contributed by atoms with Crippen molar-refractivity contribution >= 4 is 14.1 Å². The van der Waals surface area contributed by atoms with Gasteiger partial charge in [-0.05, 0) is 34.8 Å². The van der Waals surface area contributed by atoms with Crippen LogP contribution in [0.1, 0.15) is 51.9 Å². The van der Waals surface area contributed by atoms with Crippen molar-refractivity contribution in [3.05, 3.63) is 29.6 Å². The van der Waals surface area contributed by atoms with Crippen LogP contribution in [0.3, 0.4) is 0 Å². The molecule has 0 radical (unpaired) electrons. The summed E-state index contributed by atoms with van der Waals surface area (Å²) < 4.78 is 32.9. The fourth-order valence-electron chi connectivity index (χ4n) is 3.38. The van der Waals surface area contributed by atoms with E-state index in [1.54, 1.807) is 0 Å². The normalized spacial score (nSPS) is 12.3. The average molecular weight is 328 g/mol. The molecule has 5 heteroatoms. The highest BCUT2D eigenvalue weighted by Gasteiger charge is 2.47. The number of carbonyl (C=O) groups excluding carboxylic acids is 1. The van der Waals surface area contributed by atoms with Crippen molar-refractivity contribution in [3.8, 4) is 5.75 Å². The Kier molecular flexibility index (Phi) is 6.29. The Morgan fingerprint density at radius 3 is 1.95 bits per heavy atom. The minimum Gasteiger partial charge on any atom is -0.541 e. The Bertz CT molecular complexity index is 506. The predicted molar refractivity (Wildman–Crippen MR) is 88.4 cm³/mol. The molecule has 0 amide bonds. The smallest absolute Gasteiger partial charge is 0.258 e. The molecule has 124 valence electrons. The fraction of sp³-hybridized carbons (Fsp3) is 0.588. The van der Waals surface area contributed by atoms with Crippen LogP contribution in [0.4, 0.5) is 8.78 Å². The Labute approximate surface area is 133 Å². The zero-order valence-corrected chi connectivity index (χ0v) is 15.2. The topological polar surface area (TPSA) is 26.3 Å². The summed E-state index contributed by atoms with van der Waals surface area (Å²) in [5, 5.41) is 0. The van der Waals surface area contributed by atoms with Gasteiger partial charge in [0.1, 0.15) is 5.75 Å². The van der Waals surface area contributed by atoms with Gasteiger partial charge in [0, 0.05) is 5.56 Å². The van der Waals surface area contributed by atoms with Gasteiger partial charge in [-0.2, -0.15) is 0 Å². The Hall–Kier alpha value is -1.23. The zero-order chi connectivity index (χ0) is 17.1. The number of hydrogen-bond donors (Lipinski definition) is 0. The van der Waals surface area contributed by atoms with E-state index >= 15 is 0 Å². The van der Waals surface area contributed by atoms with Crippen molar-refractivity contribution in [3.63, 3.8) is 0 Å². The monoisotopic (exact) mass is 328 g/mol. The van der Waals surface area contributed by atoms with E-state index in [2.05, 4.69) is 41.5 Å². The van der Waals surface area contributed by atoms with Crippen LogP contribution < -0.4 is 4.43 Å². The maximum Gasteiger partial charge on any atom is 0.258 e. The van der Waals surface area contributed by atoms with Gasteiger partial charge in [0.15, 0.2) is 18.3 Å². The van der Waals surface area contributed by atoms with E-state index in [9.17, 15) is 13.6 Å². The molecule has 0 N–H and O–H groups in total. The first kappa shape index (κ1) is 18.8. The lowest BCUT2D eigenvalue weighted by Crippen LogP contribution is -2.50. The molecule has 0 aliphatic carbocycles. The van der Waals surface area contributed by atoms with E-state index in [4.69, 9.17) is 4.43 Å². The van der Waals surface area contributed by atoms with Gasteiger partial charge in [0.25, 0.3) is 8.32 Å². The van der Waals surface area contributed by atoms with E-state index in [-0.39, 0.29) is 11.3 Å². The van der Waals surface area contributed by atoms with Gasteiger partial charge in [0.05, 0.1) is 0 Å². The summed E-state index contributed by atoms with van der Waals surface area (Å²) in [6, 6.07) is 3.95. The lowest BCUT2D eigenvalue weighted by Gasteiger charge is -2.42. The molecule has 0 saturated heterocycles. The van der Waals surface area contributed by atoms with Crippen LogP contribution in [0.2, 0.25) is 16.6 Å². The number of carbonyl (C=O) groups is 1. The lowest BCUT2D eigenvalue weighted by molar-refractivity contribution is 0.0958. The molecule has 0 aliphatic rings. The van der Waals surface area contributed by atoms with Gasteiger partial charge in [-0.15, -0.1) is 0 Å². The standard InChI is InChI=1S/C17H26F2O2Si/c1-11(2)22(12(3)4,13(5)6)21-17-8-7-14(9-15(17)19)16(20)10-18/h7-9,11-13H,10H2,1-6H3. The lowest BCUT2D eigenvalue weighted by atomic mass is 10.1. The quantitative estimate of drug-likeness (QED) is 0.486. The first-order valence-corrected chi connectivity index (χ1v) is 9.88. The van der Waals surface area contributed by atoms with E-state index in [1.807, 2.05) is 0 Å². The summed E-state index contributed by atoms with van der Waals surface area (Å²) in [6.45, 7) is 11.6. The van der Waals surface area contributed by atoms with E-state index in [0.717, 1.165) is 6.07 Å². The molecule has 0 aromatic heterocycles. The molecule has 1 aromatic carbocycles. The van der Waals surface area contributed by atoms with Gasteiger partial charge < -0.3 is 4.43 Å². The first-order valence-electron chi connectivity index (χ1n) is 7.74. The van der Waals surface area contributed by atoms with Gasteiger partial charge in [-0.1, -0.05) is 41.5 Å². The van der Waals surface area contributed by atoms with Crippen LogP contribution in [0, 0.1) is 5.82 Å². The van der Waals surface area contributed by atoms with Gasteiger partial charge in [0.2, 0.25) is 0 Å². The van der Waals surface area contributed by atoms with Crippen molar-refractivity contribution < 1.29 is 18.0 Å². The van der Waals surface area contributed by atoms with Crippen LogP contribution in [0.5, 0.6) is 5.75 Å². The summed E-state index contributed by atoms with van der Waals surface area (Å²) in [4.78, 5) is 11.3. The van der Waals surface area contributed by atoms with Crippen LogP contribution in [0.15, 0.2) is 18.2 Å². The number of benzene rings is 1. The van der Waals surface area contributed by atoms with Crippen LogP contribution in [0.25, 0.3) is 0 Å². The molecular weight excluding hydrogens is 302 g/mol. The maximum absolute atomic E-state index is 14.3. The predicted octanol–water partition coefficient (Wildman–Crippen LogP) is 5.53. The van der Waals surface area contributed by atoms with Crippen molar-refractivity contribution in [1.29, 1.82) is 0 Å². The SMILES string of the molecule is CC(C)[Si](Oc1ccc(C(=O)CF)cc1F)(C(C)C)C(C)C. The van der Waals surface area contributed by atoms with Crippen molar-refractivity contribution in [2.45, 2.75) is 58.2 Å². The van der Waals surface area contributed by atoms with Crippen molar-refractivity contribution in [1.82, 2.24) is 0 Å².